The van der Waals surface area contributed by atoms with Gasteiger partial charge in [-0.05, 0) is 24.3 Å². The molecule has 0 unspecified atom stereocenters. The van der Waals surface area contributed by atoms with Crippen LogP contribution in [0.3, 0.4) is 0 Å². The second-order valence-corrected chi connectivity index (χ2v) is 3.48. The van der Waals surface area contributed by atoms with Gasteiger partial charge < -0.3 is 5.11 Å². The molecule has 2 aromatic carbocycles. The molecule has 0 aliphatic heterocycles. The van der Waals surface area contributed by atoms with Gasteiger partial charge in [0.25, 0.3) is 0 Å². The smallest absolute Gasteiger partial charge is 0.139 e. The van der Waals surface area contributed by atoms with Crippen LogP contribution in [0, 0.1) is 12.3 Å². The van der Waals surface area contributed by atoms with E-state index in [9.17, 15) is 5.11 Å². The lowest BCUT2D eigenvalue weighted by molar-refractivity contribution is 0.473. The lowest BCUT2D eigenvalue weighted by Gasteiger charge is -2.00. The zero-order valence-electron chi connectivity index (χ0n) is 9.17. The number of aromatic hydroxyl groups is 1. The number of phenolic OH excluding ortho intramolecular Hbond substituents is 1. The molecule has 0 aromatic heterocycles. The topological polar surface area (TPSA) is 32.6 Å². The van der Waals surface area contributed by atoms with E-state index >= 15 is 0 Å². The number of hydrogen-bond donors (Lipinski definition) is 1. The molecule has 0 spiro atoms. The zero-order chi connectivity index (χ0) is 12.1. The van der Waals surface area contributed by atoms with Gasteiger partial charge in [-0.1, -0.05) is 30.2 Å². The van der Waals surface area contributed by atoms with Crippen LogP contribution in [0.25, 0.3) is 0 Å². The molecule has 2 rings (SSSR count). The molecular weight excluding hydrogens is 210 g/mol. The molecule has 1 N–H and O–H groups in total. The van der Waals surface area contributed by atoms with Crippen molar-refractivity contribution in [1.29, 1.82) is 0 Å². The van der Waals surface area contributed by atoms with Crippen molar-refractivity contribution in [3.63, 3.8) is 0 Å². The minimum atomic E-state index is 0.0923. The molecule has 2 nitrogen and oxygen atoms in total. The molecule has 0 aliphatic carbocycles. The van der Waals surface area contributed by atoms with E-state index in [1.165, 1.54) is 0 Å². The number of rotatable bonds is 2. The first-order chi connectivity index (χ1) is 8.31. The van der Waals surface area contributed by atoms with Crippen LogP contribution in [-0.2, 0) is 0 Å². The number of phenols is 1. The van der Waals surface area contributed by atoms with Crippen molar-refractivity contribution in [2.45, 2.75) is 0 Å². The molecule has 0 saturated carbocycles. The number of aliphatic imine (C=N–C) groups is 1. The van der Waals surface area contributed by atoms with Gasteiger partial charge in [-0.25, -0.2) is 0 Å². The Morgan fingerprint density at radius 2 is 1.82 bits per heavy atom. The average Bonchev–Trinajstić information content (AvgIpc) is 2.39. The van der Waals surface area contributed by atoms with Gasteiger partial charge in [-0.15, -0.1) is 6.42 Å². The molecule has 82 valence electrons. The fourth-order valence-electron chi connectivity index (χ4n) is 1.44. The van der Waals surface area contributed by atoms with Gasteiger partial charge in [0, 0.05) is 11.8 Å². The standard InChI is InChI=1S/C15H11NO/c1-2-12-7-6-8-13(15(12)17)11-16-14-9-4-3-5-10-14/h1,3-11,17H/b16-11+. The van der Waals surface area contributed by atoms with Gasteiger partial charge in [0.2, 0.25) is 0 Å². The lowest BCUT2D eigenvalue weighted by Crippen LogP contribution is -1.85. The van der Waals surface area contributed by atoms with Gasteiger partial charge in [-0.3, -0.25) is 4.99 Å². The Balaban J connectivity index is 2.32. The highest BCUT2D eigenvalue weighted by Crippen LogP contribution is 2.20. The number of benzene rings is 2. The van der Waals surface area contributed by atoms with Gasteiger partial charge in [0.1, 0.15) is 5.75 Å². The van der Waals surface area contributed by atoms with Crippen LogP contribution in [0.5, 0.6) is 5.75 Å². The molecule has 0 aliphatic rings. The summed E-state index contributed by atoms with van der Waals surface area (Å²) in [6, 6.07) is 14.8. The summed E-state index contributed by atoms with van der Waals surface area (Å²) >= 11 is 0. The summed E-state index contributed by atoms with van der Waals surface area (Å²) in [6.07, 6.45) is 6.88. The molecule has 0 radical (unpaired) electrons. The highest BCUT2D eigenvalue weighted by Gasteiger charge is 2.01. The van der Waals surface area contributed by atoms with Crippen molar-refractivity contribution in [2.75, 3.05) is 0 Å². The Bertz CT molecular complexity index is 580. The van der Waals surface area contributed by atoms with E-state index in [0.29, 0.717) is 11.1 Å². The summed E-state index contributed by atoms with van der Waals surface area (Å²) in [7, 11) is 0. The highest BCUT2D eigenvalue weighted by atomic mass is 16.3. The summed E-state index contributed by atoms with van der Waals surface area (Å²) in [5.41, 5.74) is 1.92. The third kappa shape index (κ3) is 2.53. The summed E-state index contributed by atoms with van der Waals surface area (Å²) in [5.74, 6) is 2.51. The number of hydrogen-bond acceptors (Lipinski definition) is 2. The van der Waals surface area contributed by atoms with Crippen LogP contribution in [0.1, 0.15) is 11.1 Å². The average molecular weight is 221 g/mol. The summed E-state index contributed by atoms with van der Waals surface area (Å²) in [6.45, 7) is 0. The predicted octanol–water partition coefficient (Wildman–Crippen LogP) is 3.12. The number of nitrogens with zero attached hydrogens (tertiary/aromatic N) is 1. The first-order valence-electron chi connectivity index (χ1n) is 5.19. The maximum atomic E-state index is 9.83. The van der Waals surface area contributed by atoms with Crippen LogP contribution in [-0.4, -0.2) is 11.3 Å². The van der Waals surface area contributed by atoms with Gasteiger partial charge in [0.05, 0.1) is 11.3 Å². The van der Waals surface area contributed by atoms with E-state index in [2.05, 4.69) is 10.9 Å². The normalized spacial score (nSPS) is 10.3. The zero-order valence-corrected chi connectivity index (χ0v) is 9.17. The fourth-order valence-corrected chi connectivity index (χ4v) is 1.44. The molecule has 0 heterocycles. The second kappa shape index (κ2) is 5.00. The Hall–Kier alpha value is -2.53. The predicted molar refractivity (Wildman–Crippen MR) is 69.7 cm³/mol. The second-order valence-electron chi connectivity index (χ2n) is 3.48. The van der Waals surface area contributed by atoms with Gasteiger partial charge >= 0.3 is 0 Å². The SMILES string of the molecule is C#Cc1cccc(/C=N/c2ccccc2)c1O. The Kier molecular flexibility index (Phi) is 3.23. The van der Waals surface area contributed by atoms with Crippen molar-refractivity contribution >= 4 is 11.9 Å². The van der Waals surface area contributed by atoms with E-state index in [0.717, 1.165) is 5.69 Å². The Morgan fingerprint density at radius 3 is 2.53 bits per heavy atom. The largest absolute Gasteiger partial charge is 0.506 e. The van der Waals surface area contributed by atoms with E-state index in [1.807, 2.05) is 30.3 Å². The number of para-hydroxylation sites is 2. The molecule has 0 fully saturated rings. The summed E-state index contributed by atoms with van der Waals surface area (Å²) < 4.78 is 0. The van der Waals surface area contributed by atoms with Crippen molar-refractivity contribution in [3.8, 4) is 18.1 Å². The monoisotopic (exact) mass is 221 g/mol. The van der Waals surface area contributed by atoms with E-state index in [1.54, 1.807) is 24.4 Å². The molecule has 2 aromatic rings. The Morgan fingerprint density at radius 1 is 1.06 bits per heavy atom. The van der Waals surface area contributed by atoms with Crippen molar-refractivity contribution in [2.24, 2.45) is 4.99 Å². The maximum Gasteiger partial charge on any atom is 0.139 e. The molecule has 0 saturated heterocycles. The molecule has 0 amide bonds. The van der Waals surface area contributed by atoms with Crippen molar-refractivity contribution < 1.29 is 5.11 Å². The maximum absolute atomic E-state index is 9.83. The molecule has 2 heteroatoms. The number of terminal acetylenes is 1. The third-order valence-electron chi connectivity index (χ3n) is 2.33. The minimum Gasteiger partial charge on any atom is -0.506 e. The van der Waals surface area contributed by atoms with E-state index in [-0.39, 0.29) is 5.75 Å². The van der Waals surface area contributed by atoms with Crippen LogP contribution in [0.2, 0.25) is 0 Å². The van der Waals surface area contributed by atoms with Crippen LogP contribution >= 0.6 is 0 Å². The minimum absolute atomic E-state index is 0.0923. The van der Waals surface area contributed by atoms with E-state index < -0.39 is 0 Å². The Labute approximate surface area is 100 Å². The van der Waals surface area contributed by atoms with Gasteiger partial charge in [-0.2, -0.15) is 0 Å². The quantitative estimate of drug-likeness (QED) is 0.613. The molecular formula is C15H11NO. The van der Waals surface area contributed by atoms with Crippen molar-refractivity contribution in [3.05, 3.63) is 59.7 Å². The fraction of sp³-hybridized carbons (Fsp3) is 0. The first-order valence-corrected chi connectivity index (χ1v) is 5.19. The van der Waals surface area contributed by atoms with Crippen LogP contribution in [0.15, 0.2) is 53.5 Å². The molecule has 0 bridgehead atoms. The summed E-state index contributed by atoms with van der Waals surface area (Å²) in [5, 5.41) is 9.83. The van der Waals surface area contributed by atoms with Crippen LogP contribution in [0.4, 0.5) is 5.69 Å². The molecule has 17 heavy (non-hydrogen) atoms. The molecule has 0 atom stereocenters. The van der Waals surface area contributed by atoms with Crippen molar-refractivity contribution in [1.82, 2.24) is 0 Å². The van der Waals surface area contributed by atoms with Gasteiger partial charge in [0.15, 0.2) is 0 Å². The highest BCUT2D eigenvalue weighted by molar-refractivity contribution is 5.86. The van der Waals surface area contributed by atoms with E-state index in [4.69, 9.17) is 6.42 Å². The lowest BCUT2D eigenvalue weighted by atomic mass is 10.1. The van der Waals surface area contributed by atoms with Crippen LogP contribution < -0.4 is 0 Å². The third-order valence-corrected chi connectivity index (χ3v) is 2.33. The first kappa shape index (κ1) is 11.0. The summed E-state index contributed by atoms with van der Waals surface area (Å²) in [4.78, 5) is 4.26.